The second-order valence-corrected chi connectivity index (χ2v) is 30.6. The van der Waals surface area contributed by atoms with E-state index in [0.29, 0.717) is 92.4 Å². The van der Waals surface area contributed by atoms with Crippen LogP contribution < -0.4 is 0 Å². The molecule has 0 fully saturated rings. The van der Waals surface area contributed by atoms with Crippen LogP contribution in [0.5, 0.6) is 46.0 Å². The molecule has 0 spiro atoms. The summed E-state index contributed by atoms with van der Waals surface area (Å²) in [5.74, 6) is -2.85. The van der Waals surface area contributed by atoms with Gasteiger partial charge in [-0.1, -0.05) is 259 Å². The van der Waals surface area contributed by atoms with Crippen molar-refractivity contribution in [2.45, 2.75) is 334 Å². The molecule has 0 unspecified atom stereocenters. The highest BCUT2D eigenvalue weighted by atomic mass is 16.3. The predicted molar refractivity (Wildman–Crippen MR) is 403 cm³/mol. The Morgan fingerprint density at radius 1 is 0.208 bits per heavy atom. The van der Waals surface area contributed by atoms with Crippen molar-refractivity contribution in [1.29, 1.82) is 0 Å². The first-order chi connectivity index (χ1) is 46.2. The molecule has 0 heterocycles. The lowest BCUT2D eigenvalue weighted by molar-refractivity contribution is 0.356. The van der Waals surface area contributed by atoms with E-state index in [1.54, 1.807) is 0 Å². The van der Waals surface area contributed by atoms with Gasteiger partial charge < -0.3 is 60.5 Å². The number of hydrogen-bond donors (Lipinski definition) is 8. The fourth-order valence-electron chi connectivity index (χ4n) is 15.6. The van der Waals surface area contributed by atoms with Gasteiger partial charge in [0, 0.05) is 94.4 Å². The molecule has 12 heteroatoms. The third kappa shape index (κ3) is 24.8. The molecule has 1 aliphatic carbocycles. The zero-order valence-corrected chi connectivity index (χ0v) is 63.1. The number of nitrogens with zero attached hydrogens (tertiary/aromatic N) is 4. The summed E-state index contributed by atoms with van der Waals surface area (Å²) < 4.78 is 0. The number of phenolic OH excluding ortho intramolecular Hbond substituents is 8. The van der Waals surface area contributed by atoms with Crippen LogP contribution in [0, 0.1) is 0 Å². The molecule has 8 bridgehead atoms. The summed E-state index contributed by atoms with van der Waals surface area (Å²) in [7, 11) is 15.5. The molecule has 0 saturated carbocycles. The molecule has 0 atom stereocenters. The van der Waals surface area contributed by atoms with E-state index in [1.807, 2.05) is 100 Å². The summed E-state index contributed by atoms with van der Waals surface area (Å²) in [6.45, 7) is 9.81. The van der Waals surface area contributed by atoms with E-state index in [-0.39, 0.29) is 72.2 Å². The minimum Gasteiger partial charge on any atom is -0.507 e. The molecule has 0 amide bonds. The van der Waals surface area contributed by atoms with Gasteiger partial charge in [-0.05, 0) is 106 Å². The van der Waals surface area contributed by atoms with Gasteiger partial charge in [-0.2, -0.15) is 0 Å². The van der Waals surface area contributed by atoms with Gasteiger partial charge in [-0.3, -0.25) is 0 Å². The quantitative estimate of drug-likeness (QED) is 0.0197. The second-order valence-electron chi connectivity index (χ2n) is 30.6. The van der Waals surface area contributed by atoms with Crippen LogP contribution in [-0.2, 0) is 26.2 Å². The lowest BCUT2D eigenvalue weighted by Crippen LogP contribution is -2.18. The highest BCUT2D eigenvalue weighted by Gasteiger charge is 2.38. The first-order valence-corrected chi connectivity index (χ1v) is 39.1. The topological polar surface area (TPSA) is 175 Å². The highest BCUT2D eigenvalue weighted by molar-refractivity contribution is 5.68. The number of fused-ring (bicyclic) bond motifs is 8. The Labute approximate surface area is 585 Å². The predicted octanol–water partition coefficient (Wildman–Crippen LogP) is 22.1. The standard InChI is InChI=1S/C84H140N4O8/c1-13-17-21-25-29-33-37-41-45-49-61-65-53-67(79(91)73(77(65)89)57-85(5)6)62(50-46-42-38-34-30-26-22-18-14-2)69-55-71(83(95)75(81(69)93)59-87(9)10)64(52-48-44-40-36-32-28-24-20-16-4)72-56-70(82(94)76(84(72)96)60-88(11)12)63(51-47-43-39-35-31-27-23-19-15-3)68-54-66(61)78(90)74(80(68)92)58-86(7)8/h53-56,61-64,89-96H,13-52,57-60H2,1-12H3. The van der Waals surface area contributed by atoms with Crippen molar-refractivity contribution in [3.05, 3.63) is 91.0 Å². The van der Waals surface area contributed by atoms with Crippen LogP contribution in [0.2, 0.25) is 0 Å². The number of phenols is 8. The number of rotatable bonds is 48. The van der Waals surface area contributed by atoms with Crippen LogP contribution in [0.25, 0.3) is 0 Å². The minimum atomic E-state index is -0.632. The molecule has 0 saturated heterocycles. The molecule has 12 nitrogen and oxygen atoms in total. The normalized spacial score (nSPS) is 15.8. The lowest BCUT2D eigenvalue weighted by Gasteiger charge is -2.32. The van der Waals surface area contributed by atoms with Crippen molar-refractivity contribution >= 4 is 0 Å². The van der Waals surface area contributed by atoms with E-state index in [1.165, 1.54) is 128 Å². The van der Waals surface area contributed by atoms with Crippen LogP contribution in [0.3, 0.4) is 0 Å². The van der Waals surface area contributed by atoms with E-state index in [9.17, 15) is 40.9 Å². The summed E-state index contributed by atoms with van der Waals surface area (Å²) in [4.78, 5) is 7.84. The minimum absolute atomic E-state index is 0.0395. The van der Waals surface area contributed by atoms with Gasteiger partial charge in [0.1, 0.15) is 46.0 Å². The van der Waals surface area contributed by atoms with Gasteiger partial charge in [-0.25, -0.2) is 0 Å². The molecule has 0 radical (unpaired) electrons. The zero-order chi connectivity index (χ0) is 70.1. The molecule has 4 aromatic rings. The maximum Gasteiger partial charge on any atom is 0.127 e. The van der Waals surface area contributed by atoms with Crippen LogP contribution in [-0.4, -0.2) is 117 Å². The summed E-state index contributed by atoms with van der Waals surface area (Å²) in [6, 6.07) is 7.92. The molecule has 0 aliphatic heterocycles. The second kappa shape index (κ2) is 44.3. The first kappa shape index (κ1) is 81.8. The number of hydrogen-bond acceptors (Lipinski definition) is 12. The van der Waals surface area contributed by atoms with Crippen molar-refractivity contribution in [3.63, 3.8) is 0 Å². The van der Waals surface area contributed by atoms with Gasteiger partial charge in [-0.15, -0.1) is 0 Å². The molecule has 544 valence electrons. The maximum atomic E-state index is 13.3. The summed E-state index contributed by atoms with van der Waals surface area (Å²) in [5.41, 5.74) is 6.02. The molecule has 4 aromatic carbocycles. The smallest absolute Gasteiger partial charge is 0.127 e. The Kier molecular flexibility index (Phi) is 37.7. The number of unbranched alkanes of at least 4 members (excludes halogenated alkanes) is 32. The fourth-order valence-corrected chi connectivity index (χ4v) is 15.6. The fraction of sp³-hybridized carbons (Fsp3) is 0.714. The Morgan fingerprint density at radius 3 is 0.458 bits per heavy atom. The first-order valence-electron chi connectivity index (χ1n) is 39.1. The van der Waals surface area contributed by atoms with E-state index < -0.39 is 23.7 Å². The van der Waals surface area contributed by atoms with E-state index >= 15 is 0 Å². The third-order valence-electron chi connectivity index (χ3n) is 21.0. The van der Waals surface area contributed by atoms with Crippen LogP contribution in [0.1, 0.15) is 375 Å². The van der Waals surface area contributed by atoms with E-state index in [0.717, 1.165) is 103 Å². The average molecular weight is 1330 g/mol. The number of benzene rings is 4. The monoisotopic (exact) mass is 1330 g/mol. The molecular weight excluding hydrogens is 1190 g/mol. The summed E-state index contributed by atoms with van der Waals surface area (Å²) >= 11 is 0. The molecule has 0 aromatic heterocycles. The Morgan fingerprint density at radius 2 is 0.333 bits per heavy atom. The van der Waals surface area contributed by atoms with Gasteiger partial charge in [0.2, 0.25) is 0 Å². The lowest BCUT2D eigenvalue weighted by atomic mass is 9.74. The van der Waals surface area contributed by atoms with E-state index in [4.69, 9.17) is 0 Å². The zero-order valence-electron chi connectivity index (χ0n) is 63.1. The van der Waals surface area contributed by atoms with Gasteiger partial charge in [0.15, 0.2) is 0 Å². The SMILES string of the molecule is CCCCCCCCCCCC1c2cc(c(O)c(CN(C)C)c2O)C(CCCCCCCCCCC)c2cc(c(O)c(CN(C)C)c2O)C(CCCCCCCCCCC)c2cc(c(O)c(CN(C)C)c2O)C(CCCCCCCCCCC)c2cc1c(O)c(CN(C)C)c2O. The molecule has 8 N–H and O–H groups in total. The van der Waals surface area contributed by atoms with Crippen LogP contribution in [0.4, 0.5) is 0 Å². The molecule has 5 rings (SSSR count). The summed E-state index contributed by atoms with van der Waals surface area (Å²) in [6.07, 6.45) is 42.2. The number of aromatic hydroxyl groups is 8. The highest BCUT2D eigenvalue weighted by Crippen LogP contribution is 2.56. The van der Waals surface area contributed by atoms with Crippen molar-refractivity contribution in [3.8, 4) is 46.0 Å². The van der Waals surface area contributed by atoms with Crippen molar-refractivity contribution in [1.82, 2.24) is 19.6 Å². The Hall–Kier alpha value is -4.88. The van der Waals surface area contributed by atoms with Crippen molar-refractivity contribution < 1.29 is 40.9 Å². The van der Waals surface area contributed by atoms with Crippen molar-refractivity contribution in [2.24, 2.45) is 0 Å². The maximum absolute atomic E-state index is 13.3. The Bertz CT molecular complexity index is 2370. The molecule has 96 heavy (non-hydrogen) atoms. The Balaban J connectivity index is 2.00. The van der Waals surface area contributed by atoms with Gasteiger partial charge >= 0.3 is 0 Å². The third-order valence-corrected chi connectivity index (χ3v) is 21.0. The molecular formula is C84H140N4O8. The molecule has 1 aliphatic rings. The van der Waals surface area contributed by atoms with Gasteiger partial charge in [0.05, 0.1) is 22.3 Å². The largest absolute Gasteiger partial charge is 0.507 e. The average Bonchev–Trinajstić information content (AvgIpc) is 0.744. The van der Waals surface area contributed by atoms with E-state index in [2.05, 4.69) is 27.7 Å². The van der Waals surface area contributed by atoms with Crippen LogP contribution >= 0.6 is 0 Å². The summed E-state index contributed by atoms with van der Waals surface area (Å²) in [5, 5.41) is 106. The van der Waals surface area contributed by atoms with Gasteiger partial charge in [0.25, 0.3) is 0 Å². The van der Waals surface area contributed by atoms with Crippen LogP contribution in [0.15, 0.2) is 24.3 Å². The van der Waals surface area contributed by atoms with Crippen molar-refractivity contribution in [2.75, 3.05) is 56.4 Å².